The average molecular weight is 432 g/mol. The lowest BCUT2D eigenvalue weighted by atomic mass is 10.1. The number of pyridine rings is 1. The molecule has 0 spiro atoms. The van der Waals surface area contributed by atoms with E-state index >= 15 is 0 Å². The molecule has 1 aromatic carbocycles. The second-order valence-electron chi connectivity index (χ2n) is 7.79. The molecule has 1 aliphatic rings. The number of anilines is 1. The second kappa shape index (κ2) is 7.86. The Kier molecular flexibility index (Phi) is 5.36. The third kappa shape index (κ3) is 4.22. The third-order valence-corrected chi connectivity index (χ3v) is 5.25. The molecular weight excluding hydrogens is 409 g/mol. The summed E-state index contributed by atoms with van der Waals surface area (Å²) in [5.41, 5.74) is 1.47. The number of aryl methyl sites for hydroxylation is 2. The highest BCUT2D eigenvalue weighted by Crippen LogP contribution is 2.41. The van der Waals surface area contributed by atoms with Crippen LogP contribution in [0, 0.1) is 6.92 Å². The summed E-state index contributed by atoms with van der Waals surface area (Å²) >= 11 is 0. The fourth-order valence-corrected chi connectivity index (χ4v) is 3.56. The van der Waals surface area contributed by atoms with Crippen LogP contribution in [-0.4, -0.2) is 27.3 Å². The van der Waals surface area contributed by atoms with Crippen molar-refractivity contribution in [3.8, 4) is 5.75 Å². The molecule has 3 aromatic rings. The number of amides is 1. The van der Waals surface area contributed by atoms with Crippen LogP contribution in [0.5, 0.6) is 5.75 Å². The van der Waals surface area contributed by atoms with Crippen molar-refractivity contribution in [2.75, 3.05) is 11.9 Å². The number of alkyl halides is 3. The molecule has 1 N–H and O–H groups in total. The maximum atomic E-state index is 13.3. The number of hydrogen-bond donors (Lipinski definition) is 1. The molecule has 4 rings (SSSR count). The van der Waals surface area contributed by atoms with Gasteiger partial charge in [0.25, 0.3) is 5.91 Å². The summed E-state index contributed by atoms with van der Waals surface area (Å²) < 4.78 is 46.9. The van der Waals surface area contributed by atoms with E-state index in [9.17, 15) is 18.0 Å². The van der Waals surface area contributed by atoms with Crippen LogP contribution in [-0.2, 0) is 13.2 Å². The normalized spacial score (nSPS) is 14.1. The molecule has 1 saturated carbocycles. The molecule has 2 heterocycles. The van der Waals surface area contributed by atoms with Crippen LogP contribution in [0.25, 0.3) is 11.0 Å². The number of fused-ring (bicyclic) bond motifs is 1. The van der Waals surface area contributed by atoms with E-state index in [-0.39, 0.29) is 11.4 Å². The molecule has 31 heavy (non-hydrogen) atoms. The predicted octanol–water partition coefficient (Wildman–Crippen LogP) is 5.21. The fourth-order valence-electron chi connectivity index (χ4n) is 3.56. The Morgan fingerprint density at radius 1 is 1.29 bits per heavy atom. The van der Waals surface area contributed by atoms with Gasteiger partial charge < -0.3 is 10.1 Å². The van der Waals surface area contributed by atoms with E-state index in [1.54, 1.807) is 24.7 Å². The topological polar surface area (TPSA) is 69.0 Å². The van der Waals surface area contributed by atoms with E-state index in [4.69, 9.17) is 4.74 Å². The van der Waals surface area contributed by atoms with Gasteiger partial charge >= 0.3 is 6.18 Å². The Morgan fingerprint density at radius 3 is 2.68 bits per heavy atom. The number of benzene rings is 1. The molecule has 0 bridgehead atoms. The summed E-state index contributed by atoms with van der Waals surface area (Å²) in [5.74, 6) is -0.0342. The molecule has 1 fully saturated rings. The van der Waals surface area contributed by atoms with Gasteiger partial charge in [0, 0.05) is 18.7 Å². The number of hydrogen-bond acceptors (Lipinski definition) is 4. The van der Waals surface area contributed by atoms with Crippen LogP contribution >= 0.6 is 0 Å². The first-order chi connectivity index (χ1) is 14.7. The standard InChI is InChI=1S/C22H23F3N4O2/c1-4-9-31-18-8-7-14(22(23,24)25)10-17(18)27-21(30)15-11-16(13-5-6-13)26-20-19(15)12(2)28-29(20)3/h7-8,10-11,13H,4-6,9H2,1-3H3,(H,27,30). The monoisotopic (exact) mass is 432 g/mol. The van der Waals surface area contributed by atoms with Gasteiger partial charge in [0.05, 0.1) is 34.5 Å². The number of nitrogens with one attached hydrogen (secondary N) is 1. The molecular formula is C22H23F3N4O2. The van der Waals surface area contributed by atoms with Gasteiger partial charge in [-0.2, -0.15) is 18.3 Å². The van der Waals surface area contributed by atoms with Gasteiger partial charge in [0.1, 0.15) is 5.75 Å². The maximum Gasteiger partial charge on any atom is 0.416 e. The van der Waals surface area contributed by atoms with Gasteiger partial charge in [0.2, 0.25) is 0 Å². The summed E-state index contributed by atoms with van der Waals surface area (Å²) in [6.07, 6.45) is -1.86. The van der Waals surface area contributed by atoms with Crippen LogP contribution in [0.4, 0.5) is 18.9 Å². The number of aromatic nitrogens is 3. The van der Waals surface area contributed by atoms with E-state index in [0.717, 1.165) is 30.7 Å². The van der Waals surface area contributed by atoms with Gasteiger partial charge in [0.15, 0.2) is 5.65 Å². The average Bonchev–Trinajstić information content (AvgIpc) is 3.52. The van der Waals surface area contributed by atoms with Crippen molar-refractivity contribution in [3.05, 3.63) is 46.8 Å². The van der Waals surface area contributed by atoms with Gasteiger partial charge in [-0.05, 0) is 50.5 Å². The number of carbonyl (C=O) groups is 1. The van der Waals surface area contributed by atoms with Crippen molar-refractivity contribution >= 4 is 22.6 Å². The highest BCUT2D eigenvalue weighted by atomic mass is 19.4. The van der Waals surface area contributed by atoms with Crippen molar-refractivity contribution in [2.24, 2.45) is 7.05 Å². The zero-order valence-corrected chi connectivity index (χ0v) is 17.5. The molecule has 1 amide bonds. The summed E-state index contributed by atoms with van der Waals surface area (Å²) in [6, 6.07) is 4.81. The van der Waals surface area contributed by atoms with Gasteiger partial charge in [-0.1, -0.05) is 6.92 Å². The van der Waals surface area contributed by atoms with E-state index < -0.39 is 17.6 Å². The molecule has 0 unspecified atom stereocenters. The maximum absolute atomic E-state index is 13.3. The molecule has 1 aliphatic carbocycles. The summed E-state index contributed by atoms with van der Waals surface area (Å²) in [6.45, 7) is 3.99. The predicted molar refractivity (Wildman–Crippen MR) is 110 cm³/mol. The zero-order valence-electron chi connectivity index (χ0n) is 17.5. The van der Waals surface area contributed by atoms with Crippen LogP contribution in [0.15, 0.2) is 24.3 Å². The summed E-state index contributed by atoms with van der Waals surface area (Å²) in [5, 5.41) is 7.59. The number of nitrogens with zero attached hydrogens (tertiary/aromatic N) is 3. The number of carbonyl (C=O) groups excluding carboxylic acids is 1. The Morgan fingerprint density at radius 2 is 2.03 bits per heavy atom. The minimum atomic E-state index is -4.54. The van der Waals surface area contributed by atoms with Crippen LogP contribution in [0.1, 0.15) is 59.4 Å². The number of rotatable bonds is 6. The molecule has 0 saturated heterocycles. The molecule has 9 heteroatoms. The highest BCUT2D eigenvalue weighted by molar-refractivity contribution is 6.13. The highest BCUT2D eigenvalue weighted by Gasteiger charge is 2.32. The molecule has 0 aliphatic heterocycles. The Balaban J connectivity index is 1.76. The first-order valence-electron chi connectivity index (χ1n) is 10.2. The van der Waals surface area contributed by atoms with Crippen molar-refractivity contribution in [3.63, 3.8) is 0 Å². The largest absolute Gasteiger partial charge is 0.491 e. The Labute approximate surface area is 177 Å². The minimum Gasteiger partial charge on any atom is -0.491 e. The Bertz CT molecular complexity index is 1150. The molecule has 164 valence electrons. The van der Waals surface area contributed by atoms with E-state index in [2.05, 4.69) is 15.4 Å². The van der Waals surface area contributed by atoms with Crippen molar-refractivity contribution in [1.29, 1.82) is 0 Å². The molecule has 2 aromatic heterocycles. The van der Waals surface area contributed by atoms with Gasteiger partial charge in [-0.3, -0.25) is 9.48 Å². The van der Waals surface area contributed by atoms with Crippen molar-refractivity contribution < 1.29 is 22.7 Å². The smallest absolute Gasteiger partial charge is 0.416 e. The van der Waals surface area contributed by atoms with E-state index in [1.807, 2.05) is 6.92 Å². The molecule has 6 nitrogen and oxygen atoms in total. The van der Waals surface area contributed by atoms with Crippen LogP contribution in [0.2, 0.25) is 0 Å². The lowest BCUT2D eigenvalue weighted by molar-refractivity contribution is -0.137. The van der Waals surface area contributed by atoms with Gasteiger partial charge in [-0.25, -0.2) is 4.98 Å². The Hall–Kier alpha value is -3.10. The van der Waals surface area contributed by atoms with Crippen LogP contribution in [0.3, 0.4) is 0 Å². The minimum absolute atomic E-state index is 0.0206. The zero-order chi connectivity index (χ0) is 22.3. The first kappa shape index (κ1) is 21.1. The molecule has 0 radical (unpaired) electrons. The van der Waals surface area contributed by atoms with Crippen molar-refractivity contribution in [2.45, 2.75) is 45.2 Å². The molecule has 0 atom stereocenters. The third-order valence-electron chi connectivity index (χ3n) is 5.25. The number of ether oxygens (including phenoxy) is 1. The number of halogens is 3. The lowest BCUT2D eigenvalue weighted by Gasteiger charge is -2.16. The van der Waals surface area contributed by atoms with Crippen LogP contribution < -0.4 is 10.1 Å². The quantitative estimate of drug-likeness (QED) is 0.580. The van der Waals surface area contributed by atoms with Crippen molar-refractivity contribution in [1.82, 2.24) is 14.8 Å². The fraction of sp³-hybridized carbons (Fsp3) is 0.409. The van der Waals surface area contributed by atoms with E-state index in [0.29, 0.717) is 41.2 Å². The lowest BCUT2D eigenvalue weighted by Crippen LogP contribution is -2.16. The van der Waals surface area contributed by atoms with Gasteiger partial charge in [-0.15, -0.1) is 0 Å². The second-order valence-corrected chi connectivity index (χ2v) is 7.79. The van der Waals surface area contributed by atoms with E-state index in [1.165, 1.54) is 6.07 Å². The summed E-state index contributed by atoms with van der Waals surface area (Å²) in [4.78, 5) is 17.9. The first-order valence-corrected chi connectivity index (χ1v) is 10.2. The summed E-state index contributed by atoms with van der Waals surface area (Å²) in [7, 11) is 1.75. The SMILES string of the molecule is CCCOc1ccc(C(F)(F)F)cc1NC(=O)c1cc(C2CC2)nc2c1c(C)nn2C.